The highest BCUT2D eigenvalue weighted by atomic mass is 35.5. The number of amides is 2. The van der Waals surface area contributed by atoms with E-state index in [2.05, 4.69) is 32.3 Å². The van der Waals surface area contributed by atoms with Crippen molar-refractivity contribution >= 4 is 53.1 Å². The lowest BCUT2D eigenvalue weighted by molar-refractivity contribution is -0.138. The summed E-state index contributed by atoms with van der Waals surface area (Å²) in [6.07, 6.45) is -0.822. The van der Waals surface area contributed by atoms with Crippen LogP contribution in [0.15, 0.2) is 52.0 Å². The first-order valence-electron chi connectivity index (χ1n) is 13.8. The Morgan fingerprint density at radius 1 is 1.23 bits per heavy atom. The number of pyridine rings is 2. The lowest BCUT2D eigenvalue weighted by atomic mass is 10.2. The highest BCUT2D eigenvalue weighted by Gasteiger charge is 2.32. The number of imidazole rings is 1. The molecular formula is C29H33ClF4N8O5. The van der Waals surface area contributed by atoms with Crippen molar-refractivity contribution in [3.8, 4) is 5.75 Å². The number of rotatable bonds is 11. The second-order valence-electron chi connectivity index (χ2n) is 10.9. The average molecular weight is 685 g/mol. The Balaban J connectivity index is 1.84. The summed E-state index contributed by atoms with van der Waals surface area (Å²) in [7, 11) is 2.69. The van der Waals surface area contributed by atoms with Gasteiger partial charge in [-0.3, -0.25) is 14.5 Å². The number of ether oxygens (including phenoxy) is 2. The van der Waals surface area contributed by atoms with Crippen LogP contribution in [0.1, 0.15) is 33.3 Å². The van der Waals surface area contributed by atoms with Crippen LogP contribution in [0.5, 0.6) is 5.75 Å². The Bertz CT molecular complexity index is 1790. The number of carbonyl (C=O) groups excluding carboxylic acids is 2. The van der Waals surface area contributed by atoms with Gasteiger partial charge in [0.2, 0.25) is 11.9 Å². The van der Waals surface area contributed by atoms with Crippen molar-refractivity contribution in [1.29, 1.82) is 0 Å². The van der Waals surface area contributed by atoms with Crippen molar-refractivity contribution in [3.63, 3.8) is 0 Å². The number of anilines is 2. The van der Waals surface area contributed by atoms with Crippen LogP contribution >= 0.6 is 11.6 Å². The van der Waals surface area contributed by atoms with Crippen molar-refractivity contribution < 1.29 is 36.6 Å². The summed E-state index contributed by atoms with van der Waals surface area (Å²) in [5, 5.41) is 5.09. The monoisotopic (exact) mass is 684 g/mol. The molecule has 3 rings (SSSR count). The van der Waals surface area contributed by atoms with Crippen LogP contribution in [0, 0.1) is 0 Å². The highest BCUT2D eigenvalue weighted by molar-refractivity contribution is 6.36. The van der Waals surface area contributed by atoms with Crippen LogP contribution in [0.2, 0.25) is 5.02 Å². The van der Waals surface area contributed by atoms with Crippen LogP contribution < -0.4 is 20.9 Å². The van der Waals surface area contributed by atoms with E-state index in [4.69, 9.17) is 21.1 Å². The van der Waals surface area contributed by atoms with Gasteiger partial charge in [-0.1, -0.05) is 11.6 Å². The zero-order chi connectivity index (χ0) is 35.3. The number of carbonyl (C=O) groups is 2. The first-order valence-corrected chi connectivity index (χ1v) is 14.2. The third-order valence-electron chi connectivity index (χ3n) is 6.13. The molecule has 3 aromatic rings. The van der Waals surface area contributed by atoms with Gasteiger partial charge < -0.3 is 29.2 Å². The maximum Gasteiger partial charge on any atom is 0.417 e. The fraction of sp³-hybridized carbons (Fsp3) is 0.379. The van der Waals surface area contributed by atoms with Crippen molar-refractivity contribution in [3.05, 3.63) is 63.1 Å². The number of halogens is 5. The van der Waals surface area contributed by atoms with E-state index in [0.717, 1.165) is 9.47 Å². The van der Waals surface area contributed by atoms with Gasteiger partial charge in [-0.2, -0.15) is 18.2 Å². The number of allylic oxidation sites excluding steroid dienone is 2. The third kappa shape index (κ3) is 9.31. The first kappa shape index (κ1) is 36.5. The predicted molar refractivity (Wildman–Crippen MR) is 167 cm³/mol. The smallest absolute Gasteiger partial charge is 0.417 e. The summed E-state index contributed by atoms with van der Waals surface area (Å²) >= 11 is 6.62. The number of nitrogens with zero attached hydrogens (tertiary/aromatic N) is 6. The molecule has 254 valence electrons. The largest absolute Gasteiger partial charge is 0.454 e. The quantitative estimate of drug-likeness (QED) is 0.121. The molecule has 0 radical (unpaired) electrons. The zero-order valence-corrected chi connectivity index (χ0v) is 27.1. The van der Waals surface area contributed by atoms with Crippen molar-refractivity contribution in [1.82, 2.24) is 29.3 Å². The molecule has 47 heavy (non-hydrogen) atoms. The Kier molecular flexibility index (Phi) is 11.4. The van der Waals surface area contributed by atoms with E-state index >= 15 is 0 Å². The number of nitrogens with one attached hydrogen (secondary N) is 2. The SMILES string of the molecule is C=N/C(=C\C(=C/C)Oc1cnc2nc(Nc3cc(C(F)(F)F)cn(C)c3=O)n(C)c2c1Cl)NC(=O)CN(CCF)C(=O)OC(C)(C)C. The van der Waals surface area contributed by atoms with Gasteiger partial charge in [0.05, 0.1) is 18.3 Å². The molecule has 0 saturated carbocycles. The van der Waals surface area contributed by atoms with E-state index in [1.807, 2.05) is 0 Å². The minimum atomic E-state index is -4.69. The standard InChI is InChI=1S/C29H33ClF4N8O5/c1-8-17(12-20(35-5)38-21(43)15-42(10-9-31)27(45)47-28(2,3)4)46-19-13-36-24-23(22(19)30)41(7)26(39-24)37-18-11-16(29(32,33)34)14-40(6)25(18)44/h8,11-14H,5,9-10,15H2,1-4,6-7H3,(H,38,43)(H,36,37,39)/b17-8+,20-12+. The number of aromatic nitrogens is 4. The van der Waals surface area contributed by atoms with Gasteiger partial charge in [0, 0.05) is 26.4 Å². The summed E-state index contributed by atoms with van der Waals surface area (Å²) in [6.45, 7) is 8.12. The van der Waals surface area contributed by atoms with Gasteiger partial charge in [-0.05, 0) is 46.6 Å². The highest BCUT2D eigenvalue weighted by Crippen LogP contribution is 2.35. The number of aliphatic imine (C=N–C) groups is 1. The normalized spacial score (nSPS) is 12.6. The minimum absolute atomic E-state index is 0.0131. The van der Waals surface area contributed by atoms with Crippen LogP contribution in [0.3, 0.4) is 0 Å². The maximum absolute atomic E-state index is 13.3. The number of hydrogen-bond acceptors (Lipinski definition) is 9. The van der Waals surface area contributed by atoms with E-state index < -0.39 is 48.1 Å². The lowest BCUT2D eigenvalue weighted by Gasteiger charge is -2.26. The fourth-order valence-corrected chi connectivity index (χ4v) is 4.24. The van der Waals surface area contributed by atoms with E-state index in [1.165, 1.54) is 37.0 Å². The van der Waals surface area contributed by atoms with Crippen molar-refractivity contribution in [2.24, 2.45) is 19.1 Å². The average Bonchev–Trinajstić information content (AvgIpc) is 3.29. The fourth-order valence-electron chi connectivity index (χ4n) is 3.95. The Morgan fingerprint density at radius 3 is 2.49 bits per heavy atom. The number of fused-ring (bicyclic) bond motifs is 1. The Morgan fingerprint density at radius 2 is 1.91 bits per heavy atom. The number of hydrogen-bond donors (Lipinski definition) is 2. The second-order valence-corrected chi connectivity index (χ2v) is 11.3. The molecule has 0 bridgehead atoms. The number of alkyl halides is 4. The molecule has 0 spiro atoms. The molecule has 0 atom stereocenters. The molecule has 2 amide bonds. The molecule has 0 unspecified atom stereocenters. The number of aryl methyl sites for hydroxylation is 2. The molecular weight excluding hydrogens is 652 g/mol. The van der Waals surface area contributed by atoms with Gasteiger partial charge in [-0.25, -0.2) is 19.2 Å². The molecule has 0 aliphatic heterocycles. The van der Waals surface area contributed by atoms with E-state index in [9.17, 15) is 31.9 Å². The van der Waals surface area contributed by atoms with Crippen molar-refractivity contribution in [2.45, 2.75) is 39.5 Å². The van der Waals surface area contributed by atoms with Gasteiger partial charge in [0.15, 0.2) is 11.4 Å². The summed E-state index contributed by atoms with van der Waals surface area (Å²) in [4.78, 5) is 50.7. The van der Waals surface area contributed by atoms with Crippen LogP contribution in [0.25, 0.3) is 11.2 Å². The molecule has 0 aliphatic carbocycles. The van der Waals surface area contributed by atoms with Gasteiger partial charge in [0.1, 0.15) is 46.6 Å². The summed E-state index contributed by atoms with van der Waals surface area (Å²) in [5.74, 6) is -0.668. The predicted octanol–water partition coefficient (Wildman–Crippen LogP) is 5.23. The van der Waals surface area contributed by atoms with Crippen molar-refractivity contribution in [2.75, 3.05) is 25.1 Å². The van der Waals surface area contributed by atoms with Crippen LogP contribution in [-0.2, 0) is 29.8 Å². The molecule has 3 aromatic heterocycles. The minimum Gasteiger partial charge on any atom is -0.454 e. The van der Waals surface area contributed by atoms with Gasteiger partial charge in [0.25, 0.3) is 5.56 Å². The van der Waals surface area contributed by atoms with Crippen LogP contribution in [-0.4, -0.2) is 68.1 Å². The molecule has 13 nitrogen and oxygen atoms in total. The first-order chi connectivity index (χ1) is 21.9. The molecule has 0 fully saturated rings. The maximum atomic E-state index is 13.3. The van der Waals surface area contributed by atoms with E-state index in [0.29, 0.717) is 12.3 Å². The van der Waals surface area contributed by atoms with E-state index in [1.54, 1.807) is 27.7 Å². The second kappa shape index (κ2) is 14.7. The van der Waals surface area contributed by atoms with E-state index in [-0.39, 0.29) is 51.7 Å². The van der Waals surface area contributed by atoms with Gasteiger partial charge in [-0.15, -0.1) is 0 Å². The van der Waals surface area contributed by atoms with Gasteiger partial charge >= 0.3 is 12.3 Å². The molecule has 0 aromatic carbocycles. The summed E-state index contributed by atoms with van der Waals surface area (Å²) < 4.78 is 66.4. The third-order valence-corrected chi connectivity index (χ3v) is 6.50. The molecule has 0 saturated heterocycles. The molecule has 2 N–H and O–H groups in total. The summed E-state index contributed by atoms with van der Waals surface area (Å²) in [5.41, 5.74) is -2.68. The lowest BCUT2D eigenvalue weighted by Crippen LogP contribution is -2.43. The molecule has 0 aliphatic rings. The van der Waals surface area contributed by atoms with Crippen LogP contribution in [0.4, 0.5) is 34.0 Å². The summed E-state index contributed by atoms with van der Waals surface area (Å²) in [6, 6.07) is 0.677. The molecule has 3 heterocycles. The zero-order valence-electron chi connectivity index (χ0n) is 26.3. The Hall–Kier alpha value is -4.93. The Labute approximate surface area is 271 Å². The topological polar surface area (TPSA) is 145 Å². The molecule has 18 heteroatoms.